The number of hydrogen-bond donors (Lipinski definition) is 1. The van der Waals surface area contributed by atoms with Gasteiger partial charge >= 0.3 is 6.03 Å². The molecule has 5 nitrogen and oxygen atoms in total. The summed E-state index contributed by atoms with van der Waals surface area (Å²) in [5, 5.41) is 2.93. The lowest BCUT2D eigenvalue weighted by Crippen LogP contribution is -2.39. The quantitative estimate of drug-likeness (QED) is 0.816. The van der Waals surface area contributed by atoms with Crippen molar-refractivity contribution in [1.29, 1.82) is 0 Å². The van der Waals surface area contributed by atoms with Gasteiger partial charge in [0.05, 0.1) is 20.3 Å². The van der Waals surface area contributed by atoms with Crippen LogP contribution in [-0.4, -0.2) is 37.7 Å². The van der Waals surface area contributed by atoms with E-state index in [0.29, 0.717) is 23.7 Å². The van der Waals surface area contributed by atoms with Gasteiger partial charge < -0.3 is 19.7 Å². The van der Waals surface area contributed by atoms with E-state index in [0.717, 1.165) is 19.3 Å². The molecule has 0 radical (unpaired) electrons. The summed E-state index contributed by atoms with van der Waals surface area (Å²) in [5.74, 6) is 1.24. The molecular formula is C17H24N2O3. The lowest BCUT2D eigenvalue weighted by atomic mass is 10.1. The average Bonchev–Trinajstić information content (AvgIpc) is 3.01. The van der Waals surface area contributed by atoms with Gasteiger partial charge in [-0.25, -0.2) is 4.79 Å². The summed E-state index contributed by atoms with van der Waals surface area (Å²) < 4.78 is 10.5. The van der Waals surface area contributed by atoms with Crippen molar-refractivity contribution in [2.24, 2.45) is 0 Å². The van der Waals surface area contributed by atoms with Crippen molar-refractivity contribution in [2.75, 3.05) is 26.1 Å². The van der Waals surface area contributed by atoms with Crippen molar-refractivity contribution in [3.05, 3.63) is 30.4 Å². The van der Waals surface area contributed by atoms with E-state index in [1.807, 2.05) is 11.0 Å². The smallest absolute Gasteiger partial charge is 0.322 e. The van der Waals surface area contributed by atoms with Crippen molar-refractivity contribution in [3.63, 3.8) is 0 Å². The molecule has 1 aromatic rings. The minimum atomic E-state index is -0.0849. The molecule has 1 aromatic carbocycles. The van der Waals surface area contributed by atoms with E-state index in [2.05, 4.69) is 24.4 Å². The highest BCUT2D eigenvalue weighted by Crippen LogP contribution is 2.30. The fraction of sp³-hybridized carbons (Fsp3) is 0.471. The summed E-state index contributed by atoms with van der Waals surface area (Å²) in [4.78, 5) is 14.3. The minimum absolute atomic E-state index is 0.0849. The van der Waals surface area contributed by atoms with E-state index >= 15 is 0 Å². The molecule has 1 aliphatic rings. The Kier molecular flexibility index (Phi) is 5.69. The van der Waals surface area contributed by atoms with Crippen LogP contribution in [0.15, 0.2) is 30.4 Å². The highest BCUT2D eigenvalue weighted by Gasteiger charge is 2.24. The molecular weight excluding hydrogens is 280 g/mol. The maximum Gasteiger partial charge on any atom is 0.322 e. The molecule has 0 fully saturated rings. The number of hydrogen-bond acceptors (Lipinski definition) is 3. The Morgan fingerprint density at radius 1 is 1.32 bits per heavy atom. The van der Waals surface area contributed by atoms with Crippen LogP contribution in [0.2, 0.25) is 0 Å². The lowest BCUT2D eigenvalue weighted by Gasteiger charge is -2.25. The van der Waals surface area contributed by atoms with Crippen LogP contribution in [0.3, 0.4) is 0 Å². The largest absolute Gasteiger partial charge is 0.493 e. The number of ether oxygens (including phenoxy) is 2. The first-order valence-corrected chi connectivity index (χ1v) is 7.66. The Morgan fingerprint density at radius 2 is 2.09 bits per heavy atom. The van der Waals surface area contributed by atoms with Gasteiger partial charge in [-0.1, -0.05) is 31.9 Å². The molecule has 0 spiro atoms. The second-order valence-electron chi connectivity index (χ2n) is 5.29. The predicted octanol–water partition coefficient (Wildman–Crippen LogP) is 3.67. The standard InChI is InChI=1S/C17H24N2O3/c1-4-5-7-14-8-6-11-19(14)17(20)18-13-9-10-15(21-2)16(12-13)22-3/h6,8-10,12,14H,4-5,7,11H2,1-3H3,(H,18,20)/t14-/m1/s1. The zero-order chi connectivity index (χ0) is 15.9. The highest BCUT2D eigenvalue weighted by molar-refractivity contribution is 5.90. The number of urea groups is 1. The summed E-state index contributed by atoms with van der Waals surface area (Å²) in [5.41, 5.74) is 0.698. The lowest BCUT2D eigenvalue weighted by molar-refractivity contribution is 0.208. The van der Waals surface area contributed by atoms with Crippen molar-refractivity contribution in [3.8, 4) is 11.5 Å². The van der Waals surface area contributed by atoms with Crippen molar-refractivity contribution >= 4 is 11.7 Å². The molecule has 0 bridgehead atoms. The average molecular weight is 304 g/mol. The number of rotatable bonds is 6. The van der Waals surface area contributed by atoms with Gasteiger partial charge in [0.1, 0.15) is 0 Å². The molecule has 0 aliphatic carbocycles. The van der Waals surface area contributed by atoms with Gasteiger partial charge in [-0.15, -0.1) is 0 Å². The minimum Gasteiger partial charge on any atom is -0.493 e. The van der Waals surface area contributed by atoms with Crippen molar-refractivity contribution in [2.45, 2.75) is 32.2 Å². The van der Waals surface area contributed by atoms with Gasteiger partial charge in [-0.05, 0) is 18.6 Å². The van der Waals surface area contributed by atoms with Gasteiger partial charge in [-0.3, -0.25) is 0 Å². The third-order valence-electron chi connectivity index (χ3n) is 3.81. The van der Waals surface area contributed by atoms with Gasteiger partial charge in [0.2, 0.25) is 0 Å². The monoisotopic (exact) mass is 304 g/mol. The van der Waals surface area contributed by atoms with E-state index in [4.69, 9.17) is 9.47 Å². The SMILES string of the molecule is CCCC[C@@H]1C=CCN1C(=O)Nc1ccc(OC)c(OC)c1. The molecule has 1 N–H and O–H groups in total. The first kappa shape index (κ1) is 16.2. The Hall–Kier alpha value is -2.17. The first-order valence-electron chi connectivity index (χ1n) is 7.66. The van der Waals surface area contributed by atoms with Gasteiger partial charge in [0.15, 0.2) is 11.5 Å². The number of carbonyl (C=O) groups is 1. The molecule has 0 saturated carbocycles. The Balaban J connectivity index is 2.02. The van der Waals surface area contributed by atoms with Gasteiger partial charge in [-0.2, -0.15) is 0 Å². The van der Waals surface area contributed by atoms with Crippen LogP contribution in [0.5, 0.6) is 11.5 Å². The summed E-state index contributed by atoms with van der Waals surface area (Å²) in [6, 6.07) is 5.47. The molecule has 2 rings (SSSR count). The third kappa shape index (κ3) is 3.72. The number of carbonyl (C=O) groups excluding carboxylic acids is 1. The highest BCUT2D eigenvalue weighted by atomic mass is 16.5. The zero-order valence-corrected chi connectivity index (χ0v) is 13.5. The summed E-state index contributed by atoms with van der Waals surface area (Å²) in [6.45, 7) is 2.82. The van der Waals surface area contributed by atoms with E-state index in [1.165, 1.54) is 0 Å². The first-order chi connectivity index (χ1) is 10.7. The molecule has 0 unspecified atom stereocenters. The Labute approximate surface area is 131 Å². The number of methoxy groups -OCH3 is 2. The number of nitrogens with one attached hydrogen (secondary N) is 1. The number of benzene rings is 1. The van der Waals surface area contributed by atoms with Crippen LogP contribution < -0.4 is 14.8 Å². The Bertz CT molecular complexity index is 543. The molecule has 1 heterocycles. The number of unbranched alkanes of at least 4 members (excludes halogenated alkanes) is 1. The zero-order valence-electron chi connectivity index (χ0n) is 13.5. The van der Waals surface area contributed by atoms with Gasteiger partial charge in [0, 0.05) is 18.3 Å². The van der Waals surface area contributed by atoms with E-state index < -0.39 is 0 Å². The molecule has 1 aliphatic heterocycles. The number of amides is 2. The number of anilines is 1. The fourth-order valence-corrected chi connectivity index (χ4v) is 2.58. The molecule has 2 amide bonds. The second kappa shape index (κ2) is 7.73. The Morgan fingerprint density at radius 3 is 2.77 bits per heavy atom. The summed E-state index contributed by atoms with van der Waals surface area (Å²) >= 11 is 0. The van der Waals surface area contributed by atoms with Crippen LogP contribution in [0.25, 0.3) is 0 Å². The van der Waals surface area contributed by atoms with Gasteiger partial charge in [0.25, 0.3) is 0 Å². The number of nitrogens with zero attached hydrogens (tertiary/aromatic N) is 1. The molecule has 0 aromatic heterocycles. The maximum absolute atomic E-state index is 12.4. The van der Waals surface area contributed by atoms with Crippen LogP contribution >= 0.6 is 0 Å². The normalized spacial score (nSPS) is 16.7. The molecule has 5 heteroatoms. The third-order valence-corrected chi connectivity index (χ3v) is 3.81. The van der Waals surface area contributed by atoms with Crippen LogP contribution in [-0.2, 0) is 0 Å². The molecule has 1 atom stereocenters. The van der Waals surface area contributed by atoms with Crippen LogP contribution in [0, 0.1) is 0 Å². The van der Waals surface area contributed by atoms with Crippen LogP contribution in [0.1, 0.15) is 26.2 Å². The molecule has 22 heavy (non-hydrogen) atoms. The molecule has 120 valence electrons. The topological polar surface area (TPSA) is 50.8 Å². The second-order valence-corrected chi connectivity index (χ2v) is 5.29. The van der Waals surface area contributed by atoms with Crippen LogP contribution in [0.4, 0.5) is 10.5 Å². The van der Waals surface area contributed by atoms with E-state index in [9.17, 15) is 4.79 Å². The van der Waals surface area contributed by atoms with E-state index in [-0.39, 0.29) is 12.1 Å². The van der Waals surface area contributed by atoms with E-state index in [1.54, 1.807) is 26.4 Å². The van der Waals surface area contributed by atoms with Crippen molar-refractivity contribution < 1.29 is 14.3 Å². The fourth-order valence-electron chi connectivity index (χ4n) is 2.58. The van der Waals surface area contributed by atoms with Crippen molar-refractivity contribution in [1.82, 2.24) is 4.90 Å². The summed E-state index contributed by atoms with van der Waals surface area (Å²) in [6.07, 6.45) is 7.43. The molecule has 0 saturated heterocycles. The predicted molar refractivity (Wildman–Crippen MR) is 87.7 cm³/mol. The maximum atomic E-state index is 12.4. The summed E-state index contributed by atoms with van der Waals surface area (Å²) in [7, 11) is 3.17.